The molecule has 0 spiro atoms. The second-order valence-electron chi connectivity index (χ2n) is 14.0. The molecule has 0 heterocycles. The maximum absolute atomic E-state index is 14.5. The van der Waals surface area contributed by atoms with Gasteiger partial charge in [0.2, 0.25) is 17.7 Å². The van der Waals surface area contributed by atoms with Gasteiger partial charge in [0.15, 0.2) is 0 Å². The molecule has 5 unspecified atom stereocenters. The first-order valence-electron chi connectivity index (χ1n) is 15.8. The van der Waals surface area contributed by atoms with Gasteiger partial charge in [-0.1, -0.05) is 68.1 Å². The number of hydrogen-bond acceptors (Lipinski definition) is 7. The van der Waals surface area contributed by atoms with E-state index >= 15 is 0 Å². The minimum atomic E-state index is -1.42. The van der Waals surface area contributed by atoms with Crippen LogP contribution in [0.4, 0.5) is 4.79 Å². The molecule has 0 radical (unpaired) electrons. The lowest BCUT2D eigenvalue weighted by Gasteiger charge is -2.35. The Morgan fingerprint density at radius 2 is 1.55 bits per heavy atom. The highest BCUT2D eigenvalue weighted by Gasteiger charge is 2.49. The van der Waals surface area contributed by atoms with Crippen LogP contribution < -0.4 is 16.4 Å². The molecule has 254 valence electrons. The van der Waals surface area contributed by atoms with E-state index in [-0.39, 0.29) is 12.3 Å². The Bertz CT molecular complexity index is 1460. The number of nitrogens with zero attached hydrogens (tertiary/aromatic N) is 1. The molecule has 0 aromatic heterocycles. The van der Waals surface area contributed by atoms with Crippen molar-refractivity contribution in [2.75, 3.05) is 0 Å². The monoisotopic (exact) mass is 648 g/mol. The van der Waals surface area contributed by atoms with Gasteiger partial charge in [0, 0.05) is 12.5 Å². The lowest BCUT2D eigenvalue weighted by molar-refractivity contribution is -0.159. The number of ether oxygens (including phenoxy) is 2. The summed E-state index contributed by atoms with van der Waals surface area (Å²) in [6.07, 6.45) is 0.892. The van der Waals surface area contributed by atoms with Crippen molar-refractivity contribution in [1.82, 2.24) is 15.5 Å². The number of rotatable bonds is 13. The maximum atomic E-state index is 14.5. The SMILES string of the molecule is C=Cc1cccc(C(C(=O)NC(Cc2ccccc2)C(=O)OC(C)(C)C)N(C(=O)C(CC(N)=O)NC(=O)OC(C)(C)C)C2CC2C)c1. The zero-order valence-electron chi connectivity index (χ0n) is 28.4. The summed E-state index contributed by atoms with van der Waals surface area (Å²) in [5.74, 6) is -2.78. The minimum absolute atomic E-state index is 0.0126. The third kappa shape index (κ3) is 11.3. The van der Waals surface area contributed by atoms with Gasteiger partial charge >= 0.3 is 12.1 Å². The van der Waals surface area contributed by atoms with Gasteiger partial charge < -0.3 is 30.7 Å². The summed E-state index contributed by atoms with van der Waals surface area (Å²) in [5.41, 5.74) is 5.76. The number of hydrogen-bond donors (Lipinski definition) is 3. The Hall–Kier alpha value is -4.67. The number of alkyl carbamates (subject to hydrolysis) is 1. The van der Waals surface area contributed by atoms with Gasteiger partial charge in [-0.25, -0.2) is 9.59 Å². The molecular formula is C36H48N4O7. The largest absolute Gasteiger partial charge is 0.458 e. The number of esters is 1. The number of amides is 4. The summed E-state index contributed by atoms with van der Waals surface area (Å²) in [6.45, 7) is 16.0. The number of primary amides is 1. The van der Waals surface area contributed by atoms with Crippen LogP contribution in [0.3, 0.4) is 0 Å². The van der Waals surface area contributed by atoms with E-state index in [1.165, 1.54) is 4.90 Å². The molecule has 11 heteroatoms. The molecule has 3 rings (SSSR count). The normalized spacial score (nSPS) is 17.7. The van der Waals surface area contributed by atoms with E-state index in [1.54, 1.807) is 71.9 Å². The molecule has 4 N–H and O–H groups in total. The Balaban J connectivity index is 2.10. The average molecular weight is 649 g/mol. The van der Waals surface area contributed by atoms with Gasteiger partial charge in [-0.3, -0.25) is 14.4 Å². The highest BCUT2D eigenvalue weighted by Crippen LogP contribution is 2.41. The van der Waals surface area contributed by atoms with Crippen molar-refractivity contribution in [1.29, 1.82) is 0 Å². The smallest absolute Gasteiger partial charge is 0.408 e. The molecule has 1 aliphatic carbocycles. The lowest BCUT2D eigenvalue weighted by atomic mass is 9.98. The number of benzene rings is 2. The van der Waals surface area contributed by atoms with Crippen LogP contribution in [0.25, 0.3) is 6.08 Å². The predicted molar refractivity (Wildman–Crippen MR) is 179 cm³/mol. The zero-order valence-corrected chi connectivity index (χ0v) is 28.4. The molecule has 2 aromatic rings. The second-order valence-corrected chi connectivity index (χ2v) is 14.0. The predicted octanol–water partition coefficient (Wildman–Crippen LogP) is 4.45. The zero-order chi connectivity index (χ0) is 35.1. The first-order valence-corrected chi connectivity index (χ1v) is 15.8. The maximum Gasteiger partial charge on any atom is 0.408 e. The molecule has 0 aliphatic heterocycles. The van der Waals surface area contributed by atoms with Gasteiger partial charge in [0.1, 0.15) is 29.3 Å². The van der Waals surface area contributed by atoms with Crippen molar-refractivity contribution in [2.45, 2.75) is 103 Å². The first-order chi connectivity index (χ1) is 21.9. The van der Waals surface area contributed by atoms with Gasteiger partial charge in [-0.2, -0.15) is 0 Å². The van der Waals surface area contributed by atoms with E-state index < -0.39 is 71.6 Å². The molecule has 47 heavy (non-hydrogen) atoms. The van der Waals surface area contributed by atoms with Crippen molar-refractivity contribution >= 4 is 35.9 Å². The average Bonchev–Trinajstić information content (AvgIpc) is 3.68. The fraction of sp³-hybridized carbons (Fsp3) is 0.472. The summed E-state index contributed by atoms with van der Waals surface area (Å²) in [4.78, 5) is 68.7. The van der Waals surface area contributed by atoms with Crippen LogP contribution in [0.5, 0.6) is 0 Å². The summed E-state index contributed by atoms with van der Waals surface area (Å²) >= 11 is 0. The Kier molecular flexibility index (Phi) is 12.0. The van der Waals surface area contributed by atoms with Crippen molar-refractivity contribution in [3.8, 4) is 0 Å². The molecule has 2 aromatic carbocycles. The molecule has 4 amide bonds. The summed E-state index contributed by atoms with van der Waals surface area (Å²) in [6, 6.07) is 12.0. The number of nitrogens with one attached hydrogen (secondary N) is 2. The Labute approximate surface area is 277 Å². The van der Waals surface area contributed by atoms with Crippen LogP contribution >= 0.6 is 0 Å². The van der Waals surface area contributed by atoms with Gasteiger partial charge in [-0.05, 0) is 76.6 Å². The molecule has 5 atom stereocenters. The molecule has 1 saturated carbocycles. The van der Waals surface area contributed by atoms with Crippen LogP contribution in [-0.4, -0.2) is 64.0 Å². The summed E-state index contributed by atoms with van der Waals surface area (Å²) < 4.78 is 11.0. The minimum Gasteiger partial charge on any atom is -0.458 e. The Morgan fingerprint density at radius 3 is 2.09 bits per heavy atom. The molecule has 0 saturated heterocycles. The first kappa shape index (κ1) is 36.8. The van der Waals surface area contributed by atoms with E-state index in [0.717, 1.165) is 5.56 Å². The van der Waals surface area contributed by atoms with Crippen LogP contribution in [-0.2, 0) is 35.1 Å². The lowest BCUT2D eigenvalue weighted by Crippen LogP contribution is -2.56. The fourth-order valence-corrected chi connectivity index (χ4v) is 5.16. The van der Waals surface area contributed by atoms with E-state index in [0.29, 0.717) is 17.5 Å². The topological polar surface area (TPSA) is 157 Å². The summed E-state index contributed by atoms with van der Waals surface area (Å²) in [5, 5.41) is 5.36. The van der Waals surface area contributed by atoms with Crippen LogP contribution in [0.15, 0.2) is 61.2 Å². The highest BCUT2D eigenvalue weighted by molar-refractivity contribution is 5.96. The van der Waals surface area contributed by atoms with E-state index in [9.17, 15) is 24.0 Å². The van der Waals surface area contributed by atoms with Gasteiger partial charge in [0.25, 0.3) is 0 Å². The standard InChI is InChI=1S/C36H48N4O7/c1-9-23-16-13-17-25(19-23)30(31(42)38-27(33(44)46-35(3,4)5)20-24-14-11-10-12-15-24)40(28-18-22(28)2)32(43)26(21-29(37)41)39-34(45)47-36(6,7)8/h9-17,19,22,26-28,30H,1,18,20-21H2,2-8H3,(H2,37,41)(H,38,42)(H,39,45). The van der Waals surface area contributed by atoms with Crippen molar-refractivity contribution in [2.24, 2.45) is 11.7 Å². The van der Waals surface area contributed by atoms with Gasteiger partial charge in [-0.15, -0.1) is 0 Å². The molecule has 11 nitrogen and oxygen atoms in total. The van der Waals surface area contributed by atoms with E-state index in [1.807, 2.05) is 37.3 Å². The second kappa shape index (κ2) is 15.3. The summed E-state index contributed by atoms with van der Waals surface area (Å²) in [7, 11) is 0. The Morgan fingerprint density at radius 1 is 0.936 bits per heavy atom. The molecule has 1 fully saturated rings. The number of carbonyl (C=O) groups is 5. The molecule has 0 bridgehead atoms. The van der Waals surface area contributed by atoms with Crippen LogP contribution in [0.1, 0.15) is 84.0 Å². The van der Waals surface area contributed by atoms with Gasteiger partial charge in [0.05, 0.1) is 6.42 Å². The molecule has 1 aliphatic rings. The van der Waals surface area contributed by atoms with Crippen molar-refractivity contribution < 1.29 is 33.4 Å². The fourth-order valence-electron chi connectivity index (χ4n) is 5.16. The quantitative estimate of drug-likeness (QED) is 0.271. The number of nitrogens with two attached hydrogens (primary N) is 1. The molecular weight excluding hydrogens is 600 g/mol. The number of carbonyl (C=O) groups excluding carboxylic acids is 5. The third-order valence-corrected chi connectivity index (χ3v) is 7.35. The van der Waals surface area contributed by atoms with E-state index in [4.69, 9.17) is 15.2 Å². The third-order valence-electron chi connectivity index (χ3n) is 7.35. The van der Waals surface area contributed by atoms with Crippen molar-refractivity contribution in [3.05, 3.63) is 77.9 Å². The highest BCUT2D eigenvalue weighted by atomic mass is 16.6. The van der Waals surface area contributed by atoms with Crippen LogP contribution in [0.2, 0.25) is 0 Å². The van der Waals surface area contributed by atoms with Crippen LogP contribution in [0, 0.1) is 5.92 Å². The van der Waals surface area contributed by atoms with Crippen molar-refractivity contribution in [3.63, 3.8) is 0 Å². The van der Waals surface area contributed by atoms with E-state index in [2.05, 4.69) is 17.2 Å².